The Balaban J connectivity index is 2.45. The number of rotatable bonds is 2. The second-order valence-corrected chi connectivity index (χ2v) is 3.56. The van der Waals surface area contributed by atoms with Gasteiger partial charge in [0.25, 0.3) is 0 Å². The van der Waals surface area contributed by atoms with Gasteiger partial charge in [0.05, 0.1) is 6.10 Å². The molecule has 2 unspecified atom stereocenters. The Bertz CT molecular complexity index is 125. The van der Waals surface area contributed by atoms with Gasteiger partial charge in [-0.3, -0.25) is 4.90 Å². The maximum Gasteiger partial charge on any atom is 0.108 e. The van der Waals surface area contributed by atoms with E-state index in [-0.39, 0.29) is 0 Å². The van der Waals surface area contributed by atoms with Crippen molar-refractivity contribution in [2.75, 3.05) is 6.54 Å². The summed E-state index contributed by atoms with van der Waals surface area (Å²) in [6.07, 6.45) is 1.92. The predicted molar refractivity (Wildman–Crippen MR) is 46.5 cm³/mol. The van der Waals surface area contributed by atoms with Crippen molar-refractivity contribution >= 4 is 0 Å². The molecular formula is C9H19NO. The van der Waals surface area contributed by atoms with Crippen molar-refractivity contribution in [1.29, 1.82) is 0 Å². The highest BCUT2D eigenvalue weighted by Gasteiger charge is 2.29. The Morgan fingerprint density at radius 1 is 1.55 bits per heavy atom. The van der Waals surface area contributed by atoms with Gasteiger partial charge in [-0.25, -0.2) is 0 Å². The first-order valence-electron chi connectivity index (χ1n) is 4.56. The van der Waals surface area contributed by atoms with E-state index in [9.17, 15) is 0 Å². The highest BCUT2D eigenvalue weighted by Crippen LogP contribution is 2.19. The van der Waals surface area contributed by atoms with Crippen molar-refractivity contribution < 1.29 is 4.74 Å². The molecule has 2 nitrogen and oxygen atoms in total. The monoisotopic (exact) mass is 157 g/mol. The molecule has 0 amide bonds. The second kappa shape index (κ2) is 3.55. The van der Waals surface area contributed by atoms with Gasteiger partial charge in [-0.1, -0.05) is 6.92 Å². The molecule has 0 spiro atoms. The zero-order valence-corrected chi connectivity index (χ0v) is 8.00. The van der Waals surface area contributed by atoms with Gasteiger partial charge in [-0.15, -0.1) is 0 Å². The van der Waals surface area contributed by atoms with Crippen LogP contribution in [0.4, 0.5) is 0 Å². The van der Waals surface area contributed by atoms with Crippen LogP contribution in [0, 0.1) is 0 Å². The summed E-state index contributed by atoms with van der Waals surface area (Å²) in [5, 5.41) is 0. The summed E-state index contributed by atoms with van der Waals surface area (Å²) in [7, 11) is 0. The minimum atomic E-state index is 0.319. The van der Waals surface area contributed by atoms with Crippen molar-refractivity contribution in [3.05, 3.63) is 0 Å². The van der Waals surface area contributed by atoms with Crippen molar-refractivity contribution in [2.45, 2.75) is 52.5 Å². The largest absolute Gasteiger partial charge is 0.359 e. The normalized spacial score (nSPS) is 33.5. The standard InChI is InChI=1S/C9H19NO/c1-5-9-6-10(7(2)3)8(4)11-9/h7-9H,5-6H2,1-4H3. The Morgan fingerprint density at radius 2 is 2.18 bits per heavy atom. The first-order chi connectivity index (χ1) is 5.15. The Labute approximate surface area is 69.5 Å². The summed E-state index contributed by atoms with van der Waals surface area (Å²) >= 11 is 0. The molecule has 0 saturated carbocycles. The molecule has 0 aromatic heterocycles. The zero-order chi connectivity index (χ0) is 8.43. The fraction of sp³-hybridized carbons (Fsp3) is 1.00. The fourth-order valence-electron chi connectivity index (χ4n) is 1.64. The highest BCUT2D eigenvalue weighted by molar-refractivity contribution is 4.76. The van der Waals surface area contributed by atoms with Crippen molar-refractivity contribution in [1.82, 2.24) is 4.90 Å². The van der Waals surface area contributed by atoms with Crippen LogP contribution in [-0.4, -0.2) is 29.8 Å². The van der Waals surface area contributed by atoms with Crippen LogP contribution in [0.15, 0.2) is 0 Å². The maximum absolute atomic E-state index is 5.71. The summed E-state index contributed by atoms with van der Waals surface area (Å²) < 4.78 is 5.71. The summed E-state index contributed by atoms with van der Waals surface area (Å²) in [5.74, 6) is 0. The lowest BCUT2D eigenvalue weighted by Crippen LogP contribution is -2.34. The van der Waals surface area contributed by atoms with Crippen LogP contribution < -0.4 is 0 Å². The molecule has 1 rings (SSSR count). The quantitative estimate of drug-likeness (QED) is 0.606. The molecule has 1 heterocycles. The average molecular weight is 157 g/mol. The van der Waals surface area contributed by atoms with Crippen molar-refractivity contribution in [3.8, 4) is 0 Å². The molecule has 0 aliphatic carbocycles. The van der Waals surface area contributed by atoms with E-state index >= 15 is 0 Å². The Hall–Kier alpha value is -0.0800. The van der Waals surface area contributed by atoms with Crippen LogP contribution in [-0.2, 0) is 4.74 Å². The summed E-state index contributed by atoms with van der Waals surface area (Å²) in [6.45, 7) is 9.86. The summed E-state index contributed by atoms with van der Waals surface area (Å²) in [5.41, 5.74) is 0. The van der Waals surface area contributed by atoms with Crippen LogP contribution >= 0.6 is 0 Å². The molecule has 0 bridgehead atoms. The lowest BCUT2D eigenvalue weighted by atomic mass is 10.2. The van der Waals surface area contributed by atoms with Crippen molar-refractivity contribution in [3.63, 3.8) is 0 Å². The van der Waals surface area contributed by atoms with Crippen LogP contribution in [0.1, 0.15) is 34.1 Å². The molecule has 0 aromatic rings. The van der Waals surface area contributed by atoms with Gasteiger partial charge < -0.3 is 4.74 Å². The van der Waals surface area contributed by atoms with E-state index in [1.165, 1.54) is 0 Å². The van der Waals surface area contributed by atoms with Gasteiger partial charge in [0.1, 0.15) is 6.23 Å². The summed E-state index contributed by atoms with van der Waals surface area (Å²) in [6, 6.07) is 0.613. The van der Waals surface area contributed by atoms with Gasteiger partial charge >= 0.3 is 0 Å². The number of hydrogen-bond donors (Lipinski definition) is 0. The molecule has 0 N–H and O–H groups in total. The third-order valence-corrected chi connectivity index (χ3v) is 2.39. The Kier molecular flexibility index (Phi) is 2.90. The average Bonchev–Trinajstić information content (AvgIpc) is 2.30. The smallest absolute Gasteiger partial charge is 0.108 e. The maximum atomic E-state index is 5.71. The van der Waals surface area contributed by atoms with Gasteiger partial charge in [0, 0.05) is 12.6 Å². The highest BCUT2D eigenvalue weighted by atomic mass is 16.5. The fourth-order valence-corrected chi connectivity index (χ4v) is 1.64. The van der Waals surface area contributed by atoms with Gasteiger partial charge in [0.2, 0.25) is 0 Å². The van der Waals surface area contributed by atoms with Crippen LogP contribution in [0.3, 0.4) is 0 Å². The molecule has 2 heteroatoms. The van der Waals surface area contributed by atoms with Gasteiger partial charge in [0.15, 0.2) is 0 Å². The van der Waals surface area contributed by atoms with Crippen LogP contribution in [0.25, 0.3) is 0 Å². The lowest BCUT2D eigenvalue weighted by Gasteiger charge is -2.22. The van der Waals surface area contributed by atoms with Crippen LogP contribution in [0.2, 0.25) is 0 Å². The zero-order valence-electron chi connectivity index (χ0n) is 8.00. The number of nitrogens with zero attached hydrogens (tertiary/aromatic N) is 1. The predicted octanol–water partition coefficient (Wildman–Crippen LogP) is 1.85. The minimum Gasteiger partial charge on any atom is -0.359 e. The van der Waals surface area contributed by atoms with Crippen molar-refractivity contribution in [2.24, 2.45) is 0 Å². The van der Waals surface area contributed by atoms with Gasteiger partial charge in [-0.2, -0.15) is 0 Å². The van der Waals surface area contributed by atoms with Gasteiger partial charge in [-0.05, 0) is 27.2 Å². The molecule has 2 atom stereocenters. The molecule has 0 radical (unpaired) electrons. The topological polar surface area (TPSA) is 12.5 Å². The molecule has 1 fully saturated rings. The molecule has 0 aromatic carbocycles. The Morgan fingerprint density at radius 3 is 2.45 bits per heavy atom. The van der Waals surface area contributed by atoms with E-state index < -0.39 is 0 Å². The van der Waals surface area contributed by atoms with E-state index in [4.69, 9.17) is 4.74 Å². The summed E-state index contributed by atoms with van der Waals surface area (Å²) in [4.78, 5) is 2.40. The molecule has 1 aliphatic rings. The number of ether oxygens (including phenoxy) is 1. The van der Waals surface area contributed by atoms with E-state index in [1.54, 1.807) is 0 Å². The van der Waals surface area contributed by atoms with E-state index in [1.807, 2.05) is 0 Å². The van der Waals surface area contributed by atoms with E-state index in [0.717, 1.165) is 13.0 Å². The first kappa shape index (κ1) is 9.01. The van der Waals surface area contributed by atoms with E-state index in [2.05, 4.69) is 32.6 Å². The molecule has 11 heavy (non-hydrogen) atoms. The molecule has 1 saturated heterocycles. The molecule has 1 aliphatic heterocycles. The third-order valence-electron chi connectivity index (χ3n) is 2.39. The van der Waals surface area contributed by atoms with E-state index in [0.29, 0.717) is 18.4 Å². The first-order valence-corrected chi connectivity index (χ1v) is 4.56. The number of hydrogen-bond acceptors (Lipinski definition) is 2. The SMILES string of the molecule is CCC1CN(C(C)C)C(C)O1. The third kappa shape index (κ3) is 1.94. The lowest BCUT2D eigenvalue weighted by molar-refractivity contribution is 0.00368. The second-order valence-electron chi connectivity index (χ2n) is 3.56. The minimum absolute atomic E-state index is 0.319. The molecule has 66 valence electrons. The van der Waals surface area contributed by atoms with Crippen LogP contribution in [0.5, 0.6) is 0 Å². The molecular weight excluding hydrogens is 138 g/mol.